The number of nitrogens with one attached hydrogen (secondary N) is 1. The molecule has 1 aromatic heterocycles. The fourth-order valence-corrected chi connectivity index (χ4v) is 5.39. The lowest BCUT2D eigenvalue weighted by Crippen LogP contribution is -2.37. The van der Waals surface area contributed by atoms with Gasteiger partial charge < -0.3 is 10.1 Å². The van der Waals surface area contributed by atoms with Gasteiger partial charge in [-0.3, -0.25) is 14.6 Å². The summed E-state index contributed by atoms with van der Waals surface area (Å²) in [5, 5.41) is 3.61. The van der Waals surface area contributed by atoms with Crippen LogP contribution in [-0.4, -0.2) is 67.0 Å². The number of esters is 1. The Morgan fingerprint density at radius 2 is 1.96 bits per heavy atom. The van der Waals surface area contributed by atoms with Gasteiger partial charge in [0, 0.05) is 24.0 Å². The lowest BCUT2D eigenvalue weighted by Gasteiger charge is -2.23. The predicted molar refractivity (Wildman–Crippen MR) is 109 cm³/mol. The Balaban J connectivity index is 1.61. The van der Waals surface area contributed by atoms with Gasteiger partial charge in [-0.1, -0.05) is 6.92 Å². The molecule has 6 nitrogen and oxygen atoms in total. The van der Waals surface area contributed by atoms with E-state index >= 15 is 0 Å². The van der Waals surface area contributed by atoms with Crippen molar-refractivity contribution in [3.63, 3.8) is 0 Å². The summed E-state index contributed by atoms with van der Waals surface area (Å²) in [7, 11) is 0. The quantitative estimate of drug-likeness (QED) is 0.722. The van der Waals surface area contributed by atoms with Crippen molar-refractivity contribution in [3.05, 3.63) is 16.0 Å². The minimum atomic E-state index is -0.343. The van der Waals surface area contributed by atoms with Crippen molar-refractivity contribution in [1.29, 1.82) is 0 Å². The Bertz CT molecular complexity index is 682. The normalized spacial score (nSPS) is 20.9. The van der Waals surface area contributed by atoms with Crippen molar-refractivity contribution in [3.8, 4) is 0 Å². The summed E-state index contributed by atoms with van der Waals surface area (Å²) in [6.45, 7) is 10.8. The van der Waals surface area contributed by atoms with Gasteiger partial charge in [0.2, 0.25) is 5.91 Å². The number of rotatable bonds is 7. The molecule has 0 bridgehead atoms. The van der Waals surface area contributed by atoms with E-state index in [2.05, 4.69) is 15.1 Å². The van der Waals surface area contributed by atoms with Crippen LogP contribution in [0.2, 0.25) is 0 Å². The summed E-state index contributed by atoms with van der Waals surface area (Å²) in [5.74, 6) is -0.393. The summed E-state index contributed by atoms with van der Waals surface area (Å²) < 4.78 is 5.21. The van der Waals surface area contributed by atoms with Crippen LogP contribution < -0.4 is 5.32 Å². The van der Waals surface area contributed by atoms with Gasteiger partial charge in [-0.15, -0.1) is 11.3 Å². The van der Waals surface area contributed by atoms with Crippen molar-refractivity contribution in [2.75, 3.05) is 44.6 Å². The lowest BCUT2D eigenvalue weighted by molar-refractivity contribution is -0.117. The van der Waals surface area contributed by atoms with Crippen LogP contribution in [0.3, 0.4) is 0 Å². The molecule has 2 fully saturated rings. The van der Waals surface area contributed by atoms with Crippen LogP contribution >= 0.6 is 11.3 Å². The van der Waals surface area contributed by atoms with Crippen LogP contribution in [0.4, 0.5) is 5.00 Å². The average molecular weight is 394 g/mol. The zero-order valence-corrected chi connectivity index (χ0v) is 17.5. The standard InChI is InChI=1S/C20H31N3O3S/c1-4-16-14(3)27-19(18(16)20(25)26-5-2)21-17(24)13-22-11-8-15(12-22)23-9-6-7-10-23/h15H,4-13H2,1-3H3,(H,21,24). The van der Waals surface area contributed by atoms with E-state index in [4.69, 9.17) is 4.74 Å². The van der Waals surface area contributed by atoms with Crippen LogP contribution in [0, 0.1) is 6.92 Å². The molecular formula is C20H31N3O3S. The average Bonchev–Trinajstić information content (AvgIpc) is 3.34. The minimum Gasteiger partial charge on any atom is -0.462 e. The second-order valence-electron chi connectivity index (χ2n) is 7.38. The number of aryl methyl sites for hydroxylation is 1. The SMILES string of the molecule is CCOC(=O)c1c(NC(=O)CN2CCC(N3CCCC3)C2)sc(C)c1CC. The molecule has 0 radical (unpaired) electrons. The highest BCUT2D eigenvalue weighted by Gasteiger charge is 2.30. The fraction of sp³-hybridized carbons (Fsp3) is 0.700. The van der Waals surface area contributed by atoms with E-state index in [1.54, 1.807) is 6.92 Å². The third-order valence-electron chi connectivity index (χ3n) is 5.57. The van der Waals surface area contributed by atoms with Gasteiger partial charge in [-0.2, -0.15) is 0 Å². The topological polar surface area (TPSA) is 61.9 Å². The molecule has 1 aromatic rings. The molecule has 0 aliphatic carbocycles. The van der Waals surface area contributed by atoms with Gasteiger partial charge in [0.05, 0.1) is 18.7 Å². The second-order valence-corrected chi connectivity index (χ2v) is 8.61. The van der Waals surface area contributed by atoms with Crippen LogP contribution in [0.5, 0.6) is 0 Å². The number of amides is 1. The van der Waals surface area contributed by atoms with Crippen LogP contribution in [-0.2, 0) is 16.0 Å². The number of hydrogen-bond donors (Lipinski definition) is 1. The molecule has 1 atom stereocenters. The molecule has 2 aliphatic heterocycles. The first-order chi connectivity index (χ1) is 13.0. The molecule has 0 aromatic carbocycles. The van der Waals surface area contributed by atoms with Crippen LogP contribution in [0.25, 0.3) is 0 Å². The molecule has 2 aliphatic rings. The Kier molecular flexibility index (Phi) is 6.89. The van der Waals surface area contributed by atoms with Gasteiger partial charge in [0.25, 0.3) is 0 Å². The van der Waals surface area contributed by atoms with E-state index in [-0.39, 0.29) is 11.9 Å². The summed E-state index contributed by atoms with van der Waals surface area (Å²) >= 11 is 1.47. The smallest absolute Gasteiger partial charge is 0.341 e. The molecule has 150 valence electrons. The number of ether oxygens (including phenoxy) is 1. The second kappa shape index (κ2) is 9.17. The van der Waals surface area contributed by atoms with E-state index in [1.807, 2.05) is 13.8 Å². The van der Waals surface area contributed by atoms with Gasteiger partial charge in [0.15, 0.2) is 0 Å². The van der Waals surface area contributed by atoms with E-state index in [9.17, 15) is 9.59 Å². The third kappa shape index (κ3) is 4.70. The molecule has 1 amide bonds. The molecule has 0 spiro atoms. The molecule has 3 rings (SSSR count). The molecule has 27 heavy (non-hydrogen) atoms. The monoisotopic (exact) mass is 393 g/mol. The Hall–Kier alpha value is -1.44. The first-order valence-electron chi connectivity index (χ1n) is 10.1. The highest BCUT2D eigenvalue weighted by atomic mass is 32.1. The third-order valence-corrected chi connectivity index (χ3v) is 6.63. The first-order valence-corrected chi connectivity index (χ1v) is 10.9. The zero-order chi connectivity index (χ0) is 19.4. The molecule has 1 unspecified atom stereocenters. The molecule has 0 saturated carbocycles. The van der Waals surface area contributed by atoms with Gasteiger partial charge in [-0.25, -0.2) is 4.79 Å². The minimum absolute atomic E-state index is 0.0495. The lowest BCUT2D eigenvalue weighted by atomic mass is 10.1. The molecular weight excluding hydrogens is 362 g/mol. The predicted octanol–water partition coefficient (Wildman–Crippen LogP) is 2.90. The van der Waals surface area contributed by atoms with Crippen molar-refractivity contribution >= 4 is 28.2 Å². The Morgan fingerprint density at radius 3 is 2.63 bits per heavy atom. The van der Waals surface area contributed by atoms with Crippen molar-refractivity contribution < 1.29 is 14.3 Å². The molecule has 1 N–H and O–H groups in total. The van der Waals surface area contributed by atoms with E-state index in [0.29, 0.717) is 29.8 Å². The molecule has 2 saturated heterocycles. The summed E-state index contributed by atoms with van der Waals surface area (Å²) in [5.41, 5.74) is 1.51. The highest BCUT2D eigenvalue weighted by molar-refractivity contribution is 7.16. The van der Waals surface area contributed by atoms with Crippen molar-refractivity contribution in [1.82, 2.24) is 9.80 Å². The van der Waals surface area contributed by atoms with Crippen molar-refractivity contribution in [2.24, 2.45) is 0 Å². The maximum absolute atomic E-state index is 12.6. The van der Waals surface area contributed by atoms with E-state index in [0.717, 1.165) is 36.4 Å². The number of thiophene rings is 1. The number of carbonyl (C=O) groups is 2. The zero-order valence-electron chi connectivity index (χ0n) is 16.7. The number of hydrogen-bond acceptors (Lipinski definition) is 6. The number of carbonyl (C=O) groups excluding carboxylic acids is 2. The largest absolute Gasteiger partial charge is 0.462 e. The molecule has 3 heterocycles. The van der Waals surface area contributed by atoms with Crippen LogP contribution in [0.1, 0.15) is 53.9 Å². The summed E-state index contributed by atoms with van der Waals surface area (Å²) in [4.78, 5) is 30.9. The van der Waals surface area contributed by atoms with Crippen molar-refractivity contribution in [2.45, 2.75) is 52.5 Å². The number of nitrogens with zero attached hydrogens (tertiary/aromatic N) is 2. The Labute approximate surface area is 165 Å². The maximum Gasteiger partial charge on any atom is 0.341 e. The van der Waals surface area contributed by atoms with Gasteiger partial charge in [0.1, 0.15) is 5.00 Å². The molecule has 7 heteroatoms. The Morgan fingerprint density at radius 1 is 1.22 bits per heavy atom. The number of anilines is 1. The van der Waals surface area contributed by atoms with Gasteiger partial charge >= 0.3 is 5.97 Å². The van der Waals surface area contributed by atoms with E-state index in [1.165, 1.54) is 37.3 Å². The van der Waals surface area contributed by atoms with Crippen LogP contribution in [0.15, 0.2) is 0 Å². The summed E-state index contributed by atoms with van der Waals surface area (Å²) in [6, 6.07) is 0.589. The summed E-state index contributed by atoms with van der Waals surface area (Å²) in [6.07, 6.45) is 4.48. The maximum atomic E-state index is 12.6. The number of likely N-dealkylation sites (tertiary alicyclic amines) is 2. The fourth-order valence-electron chi connectivity index (χ4n) is 4.24. The van der Waals surface area contributed by atoms with E-state index < -0.39 is 0 Å². The van der Waals surface area contributed by atoms with Gasteiger partial charge in [-0.05, 0) is 58.2 Å². The first kappa shape index (κ1) is 20.3. The highest BCUT2D eigenvalue weighted by Crippen LogP contribution is 2.34.